The third kappa shape index (κ3) is 5.01. The highest BCUT2D eigenvalue weighted by atomic mass is 32.2. The Kier molecular flexibility index (Phi) is 6.00. The van der Waals surface area contributed by atoms with Crippen LogP contribution < -0.4 is 14.8 Å². The molecule has 1 amide bonds. The van der Waals surface area contributed by atoms with Gasteiger partial charge in [0, 0.05) is 5.69 Å². The Bertz CT molecular complexity index is 1070. The standard InChI is InChI=1S/C20H21N3O5S/c1-13-19(15(3)28-22-13)29(25,26)23-14(2)20(24)21-16-9-11-18(12-10-16)27-17-7-5-4-6-8-17/h4-12,14,23H,1-3H3,(H,21,24). The predicted octanol–water partition coefficient (Wildman–Crippen LogP) is 3.39. The molecule has 0 spiro atoms. The number of benzene rings is 2. The summed E-state index contributed by atoms with van der Waals surface area (Å²) in [5.74, 6) is 0.974. The summed E-state index contributed by atoms with van der Waals surface area (Å²) in [6.07, 6.45) is 0. The molecule has 0 aliphatic carbocycles. The van der Waals surface area contributed by atoms with Gasteiger partial charge in [0.15, 0.2) is 5.76 Å². The number of amides is 1. The van der Waals surface area contributed by atoms with Crippen molar-refractivity contribution in [2.75, 3.05) is 5.32 Å². The molecular formula is C20H21N3O5S. The van der Waals surface area contributed by atoms with Gasteiger partial charge in [-0.2, -0.15) is 4.72 Å². The lowest BCUT2D eigenvalue weighted by atomic mass is 10.2. The molecule has 0 aliphatic rings. The van der Waals surface area contributed by atoms with Crippen molar-refractivity contribution in [2.45, 2.75) is 31.7 Å². The van der Waals surface area contributed by atoms with Crippen LogP contribution in [0.1, 0.15) is 18.4 Å². The van der Waals surface area contributed by atoms with Crippen LogP contribution in [0.2, 0.25) is 0 Å². The van der Waals surface area contributed by atoms with Crippen molar-refractivity contribution in [3.05, 3.63) is 66.1 Å². The monoisotopic (exact) mass is 415 g/mol. The van der Waals surface area contributed by atoms with E-state index in [4.69, 9.17) is 9.26 Å². The van der Waals surface area contributed by atoms with Gasteiger partial charge in [0.05, 0.1) is 6.04 Å². The predicted molar refractivity (Wildman–Crippen MR) is 107 cm³/mol. The van der Waals surface area contributed by atoms with Gasteiger partial charge in [0.25, 0.3) is 0 Å². The van der Waals surface area contributed by atoms with E-state index in [9.17, 15) is 13.2 Å². The third-order valence-electron chi connectivity index (χ3n) is 4.06. The second kappa shape index (κ2) is 8.46. The van der Waals surface area contributed by atoms with Crippen LogP contribution in [0.5, 0.6) is 11.5 Å². The highest BCUT2D eigenvalue weighted by Crippen LogP contribution is 2.23. The Balaban J connectivity index is 1.62. The average Bonchev–Trinajstić information content (AvgIpc) is 3.03. The number of aryl methyl sites for hydroxylation is 2. The van der Waals surface area contributed by atoms with Gasteiger partial charge in [-0.15, -0.1) is 0 Å². The van der Waals surface area contributed by atoms with Crippen LogP contribution in [0.4, 0.5) is 5.69 Å². The number of aromatic nitrogens is 1. The SMILES string of the molecule is Cc1noc(C)c1S(=O)(=O)NC(C)C(=O)Nc1ccc(Oc2ccccc2)cc1. The molecule has 3 rings (SSSR count). The molecule has 0 saturated carbocycles. The van der Waals surface area contributed by atoms with Crippen molar-refractivity contribution in [1.82, 2.24) is 9.88 Å². The Hall–Kier alpha value is -3.17. The summed E-state index contributed by atoms with van der Waals surface area (Å²) >= 11 is 0. The second-order valence-corrected chi connectivity index (χ2v) is 8.08. The number of hydrogen-bond donors (Lipinski definition) is 2. The van der Waals surface area contributed by atoms with Crippen molar-refractivity contribution in [1.29, 1.82) is 0 Å². The van der Waals surface area contributed by atoms with Crippen LogP contribution in [0, 0.1) is 13.8 Å². The summed E-state index contributed by atoms with van der Waals surface area (Å²) < 4.78 is 38.0. The summed E-state index contributed by atoms with van der Waals surface area (Å²) in [5, 5.41) is 6.30. The van der Waals surface area contributed by atoms with Gasteiger partial charge in [-0.25, -0.2) is 8.42 Å². The van der Waals surface area contributed by atoms with E-state index in [0.717, 1.165) is 0 Å². The second-order valence-electron chi connectivity index (χ2n) is 6.43. The fourth-order valence-corrected chi connectivity index (χ4v) is 4.22. The van der Waals surface area contributed by atoms with Crippen LogP contribution >= 0.6 is 0 Å². The van der Waals surface area contributed by atoms with Crippen LogP contribution in [0.25, 0.3) is 0 Å². The lowest BCUT2D eigenvalue weighted by Gasteiger charge is -2.14. The van der Waals surface area contributed by atoms with E-state index in [2.05, 4.69) is 15.2 Å². The minimum Gasteiger partial charge on any atom is -0.457 e. The maximum atomic E-state index is 12.5. The number of anilines is 1. The summed E-state index contributed by atoms with van der Waals surface area (Å²) in [6.45, 7) is 4.48. The Labute approximate surface area is 168 Å². The molecule has 1 heterocycles. The molecule has 0 radical (unpaired) electrons. The van der Waals surface area contributed by atoms with Crippen molar-refractivity contribution >= 4 is 21.6 Å². The van der Waals surface area contributed by atoms with Gasteiger partial charge in [-0.3, -0.25) is 4.79 Å². The van der Waals surface area contributed by atoms with Crippen LogP contribution in [0.15, 0.2) is 64.0 Å². The van der Waals surface area contributed by atoms with Gasteiger partial charge in [0.1, 0.15) is 22.1 Å². The van der Waals surface area contributed by atoms with E-state index in [1.54, 1.807) is 24.3 Å². The number of hydrogen-bond acceptors (Lipinski definition) is 6. The first-order valence-corrected chi connectivity index (χ1v) is 10.3. The molecule has 0 aliphatic heterocycles. The number of carbonyl (C=O) groups is 1. The van der Waals surface area contributed by atoms with Gasteiger partial charge in [-0.05, 0) is 57.2 Å². The van der Waals surface area contributed by atoms with E-state index in [1.807, 2.05) is 30.3 Å². The molecule has 2 N–H and O–H groups in total. The van der Waals surface area contributed by atoms with Crippen LogP contribution in [-0.4, -0.2) is 25.5 Å². The third-order valence-corrected chi connectivity index (χ3v) is 5.85. The van der Waals surface area contributed by atoms with Gasteiger partial charge >= 0.3 is 0 Å². The molecule has 0 saturated heterocycles. The van der Waals surface area contributed by atoms with Gasteiger partial charge in [0.2, 0.25) is 15.9 Å². The Morgan fingerprint density at radius 2 is 1.66 bits per heavy atom. The minimum atomic E-state index is -3.94. The first-order chi connectivity index (χ1) is 13.8. The van der Waals surface area contributed by atoms with Crippen molar-refractivity contribution in [3.8, 4) is 11.5 Å². The summed E-state index contributed by atoms with van der Waals surface area (Å²) in [4.78, 5) is 12.3. The Morgan fingerprint density at radius 1 is 1.03 bits per heavy atom. The maximum Gasteiger partial charge on any atom is 0.246 e. The molecule has 1 aromatic heterocycles. The van der Waals surface area contributed by atoms with E-state index in [-0.39, 0.29) is 16.3 Å². The topological polar surface area (TPSA) is 111 Å². The molecule has 152 valence electrons. The molecule has 2 aromatic carbocycles. The minimum absolute atomic E-state index is 0.0560. The van der Waals surface area contributed by atoms with Gasteiger partial charge in [-0.1, -0.05) is 23.4 Å². The number of nitrogens with zero attached hydrogens (tertiary/aromatic N) is 1. The molecule has 0 fully saturated rings. The molecular weight excluding hydrogens is 394 g/mol. The quantitative estimate of drug-likeness (QED) is 0.612. The summed E-state index contributed by atoms with van der Waals surface area (Å²) in [5.41, 5.74) is 0.746. The van der Waals surface area contributed by atoms with E-state index in [0.29, 0.717) is 17.2 Å². The van der Waals surface area contributed by atoms with Crippen molar-refractivity contribution in [3.63, 3.8) is 0 Å². The zero-order valence-corrected chi connectivity index (χ0v) is 17.0. The highest BCUT2D eigenvalue weighted by molar-refractivity contribution is 7.89. The number of ether oxygens (including phenoxy) is 1. The molecule has 1 unspecified atom stereocenters. The molecule has 9 heteroatoms. The average molecular weight is 415 g/mol. The Morgan fingerprint density at radius 3 is 2.24 bits per heavy atom. The number of para-hydroxylation sites is 1. The molecule has 0 bridgehead atoms. The molecule has 1 atom stereocenters. The lowest BCUT2D eigenvalue weighted by molar-refractivity contribution is -0.117. The van der Waals surface area contributed by atoms with Crippen molar-refractivity contribution < 1.29 is 22.5 Å². The number of nitrogens with one attached hydrogen (secondary N) is 2. The first-order valence-electron chi connectivity index (χ1n) is 8.85. The number of carbonyl (C=O) groups excluding carboxylic acids is 1. The van der Waals surface area contributed by atoms with E-state index in [1.165, 1.54) is 20.8 Å². The van der Waals surface area contributed by atoms with E-state index >= 15 is 0 Å². The zero-order chi connectivity index (χ0) is 21.0. The zero-order valence-electron chi connectivity index (χ0n) is 16.2. The number of rotatable bonds is 7. The van der Waals surface area contributed by atoms with Gasteiger partial charge < -0.3 is 14.6 Å². The van der Waals surface area contributed by atoms with E-state index < -0.39 is 22.0 Å². The lowest BCUT2D eigenvalue weighted by Crippen LogP contribution is -2.41. The normalized spacial score (nSPS) is 12.4. The first kappa shape index (κ1) is 20.6. The molecule has 29 heavy (non-hydrogen) atoms. The largest absolute Gasteiger partial charge is 0.457 e. The summed E-state index contributed by atoms with van der Waals surface area (Å²) in [6, 6.07) is 15.1. The maximum absolute atomic E-state index is 12.5. The molecule has 3 aromatic rings. The van der Waals surface area contributed by atoms with Crippen LogP contribution in [0.3, 0.4) is 0 Å². The number of sulfonamides is 1. The molecule has 8 nitrogen and oxygen atoms in total. The fraction of sp³-hybridized carbons (Fsp3) is 0.200. The fourth-order valence-electron chi connectivity index (χ4n) is 2.68. The van der Waals surface area contributed by atoms with Crippen molar-refractivity contribution in [2.24, 2.45) is 0 Å². The van der Waals surface area contributed by atoms with Crippen LogP contribution in [-0.2, 0) is 14.8 Å². The smallest absolute Gasteiger partial charge is 0.246 e. The highest BCUT2D eigenvalue weighted by Gasteiger charge is 2.28. The summed E-state index contributed by atoms with van der Waals surface area (Å²) in [7, 11) is -3.94.